The number of hydrogen-bond donors (Lipinski definition) is 1. The van der Waals surface area contributed by atoms with E-state index in [2.05, 4.69) is 13.8 Å². The van der Waals surface area contributed by atoms with Crippen molar-refractivity contribution in [3.63, 3.8) is 0 Å². The van der Waals surface area contributed by atoms with Crippen molar-refractivity contribution < 1.29 is 19.4 Å². The van der Waals surface area contributed by atoms with Crippen LogP contribution in [0.1, 0.15) is 57.0 Å². The van der Waals surface area contributed by atoms with Gasteiger partial charge in [-0.3, -0.25) is 0 Å². The quantitative estimate of drug-likeness (QED) is 0.678. The maximum Gasteiger partial charge on any atom is 0.342 e. The Morgan fingerprint density at radius 1 is 1.04 bits per heavy atom. The van der Waals surface area contributed by atoms with Crippen LogP contribution in [0, 0.1) is 5.92 Å². The molecule has 0 radical (unpaired) electrons. The average Bonchev–Trinajstić information content (AvgIpc) is 2.60. The Hall–Kier alpha value is -2.33. The fourth-order valence-corrected chi connectivity index (χ4v) is 2.54. The molecule has 0 aromatic heterocycles. The lowest BCUT2D eigenvalue weighted by Gasteiger charge is -2.21. The van der Waals surface area contributed by atoms with Gasteiger partial charge in [0.25, 0.3) is 0 Å². The number of hydrogen-bond acceptors (Lipinski definition) is 4. The van der Waals surface area contributed by atoms with Gasteiger partial charge in [-0.2, -0.15) is 0 Å². The molecule has 0 fully saturated rings. The third-order valence-corrected chi connectivity index (χ3v) is 4.02. The number of esters is 1. The predicted octanol–water partition coefficient (Wildman–Crippen LogP) is 5.23. The first-order valence-corrected chi connectivity index (χ1v) is 9.40. The van der Waals surface area contributed by atoms with Gasteiger partial charge in [0.1, 0.15) is 16.9 Å². The second-order valence-corrected chi connectivity index (χ2v) is 8.10. The highest BCUT2D eigenvalue weighted by Crippen LogP contribution is 2.29. The van der Waals surface area contributed by atoms with E-state index < -0.39 is 11.6 Å². The van der Waals surface area contributed by atoms with Crippen molar-refractivity contribution in [3.8, 4) is 16.9 Å². The van der Waals surface area contributed by atoms with Crippen LogP contribution in [0.3, 0.4) is 0 Å². The molecule has 0 aliphatic rings. The molecule has 0 amide bonds. The van der Waals surface area contributed by atoms with Crippen LogP contribution < -0.4 is 4.74 Å². The van der Waals surface area contributed by atoms with Crippen molar-refractivity contribution in [1.29, 1.82) is 0 Å². The van der Waals surface area contributed by atoms with Gasteiger partial charge in [-0.25, -0.2) is 4.79 Å². The summed E-state index contributed by atoms with van der Waals surface area (Å²) in [6.45, 7) is 10.4. The molecule has 0 heterocycles. The second kappa shape index (κ2) is 9.05. The summed E-state index contributed by atoms with van der Waals surface area (Å²) >= 11 is 0. The Balaban J connectivity index is 2.34. The van der Waals surface area contributed by atoms with E-state index in [1.54, 1.807) is 0 Å². The molecule has 4 heteroatoms. The molecule has 146 valence electrons. The Morgan fingerprint density at radius 3 is 2.22 bits per heavy atom. The van der Waals surface area contributed by atoms with Crippen LogP contribution in [0.4, 0.5) is 0 Å². The minimum atomic E-state index is -0.578. The number of ether oxygens (including phenoxy) is 2. The zero-order chi connectivity index (χ0) is 20.0. The van der Waals surface area contributed by atoms with E-state index in [0.29, 0.717) is 23.8 Å². The van der Waals surface area contributed by atoms with E-state index in [1.807, 2.05) is 63.2 Å². The molecule has 1 N–H and O–H groups in total. The largest absolute Gasteiger partial charge is 0.493 e. The van der Waals surface area contributed by atoms with Crippen LogP contribution in [-0.2, 0) is 11.3 Å². The van der Waals surface area contributed by atoms with Gasteiger partial charge < -0.3 is 14.6 Å². The van der Waals surface area contributed by atoms with Gasteiger partial charge in [-0.1, -0.05) is 44.2 Å². The number of carbonyl (C=O) groups excluding carboxylic acids is 1. The molecule has 4 nitrogen and oxygen atoms in total. The van der Waals surface area contributed by atoms with E-state index in [9.17, 15) is 9.90 Å². The van der Waals surface area contributed by atoms with Crippen LogP contribution in [0.15, 0.2) is 42.5 Å². The van der Waals surface area contributed by atoms with Gasteiger partial charge in [0.05, 0.1) is 13.2 Å². The standard InChI is InChI=1S/C23H30O4/c1-16(2)12-13-26-21-11-10-19(18-8-6-17(15-24)7-9-18)14-20(21)22(25)27-23(3,4)5/h6-11,14,16,24H,12-13,15H2,1-5H3. The van der Waals surface area contributed by atoms with Crippen LogP contribution in [-0.4, -0.2) is 23.3 Å². The smallest absolute Gasteiger partial charge is 0.342 e. The summed E-state index contributed by atoms with van der Waals surface area (Å²) in [5, 5.41) is 9.20. The predicted molar refractivity (Wildman–Crippen MR) is 108 cm³/mol. The van der Waals surface area contributed by atoms with Crippen molar-refractivity contribution in [2.75, 3.05) is 6.61 Å². The van der Waals surface area contributed by atoms with Crippen LogP contribution in [0.5, 0.6) is 5.75 Å². The van der Waals surface area contributed by atoms with E-state index >= 15 is 0 Å². The summed E-state index contributed by atoms with van der Waals surface area (Å²) in [5.74, 6) is 0.677. The molecule has 2 aromatic carbocycles. The summed E-state index contributed by atoms with van der Waals surface area (Å²) in [6.07, 6.45) is 0.915. The highest BCUT2D eigenvalue weighted by Gasteiger charge is 2.22. The topological polar surface area (TPSA) is 55.8 Å². The summed E-state index contributed by atoms with van der Waals surface area (Å²) in [5.41, 5.74) is 2.56. The Morgan fingerprint density at radius 2 is 1.67 bits per heavy atom. The second-order valence-electron chi connectivity index (χ2n) is 8.10. The fraction of sp³-hybridized carbons (Fsp3) is 0.435. The van der Waals surface area contributed by atoms with Gasteiger partial charge in [-0.15, -0.1) is 0 Å². The highest BCUT2D eigenvalue weighted by molar-refractivity contribution is 5.94. The van der Waals surface area contributed by atoms with Crippen LogP contribution in [0.2, 0.25) is 0 Å². The normalized spacial score (nSPS) is 11.5. The molecule has 0 aliphatic heterocycles. The number of benzene rings is 2. The van der Waals surface area contributed by atoms with Crippen molar-refractivity contribution in [1.82, 2.24) is 0 Å². The third-order valence-electron chi connectivity index (χ3n) is 4.02. The lowest BCUT2D eigenvalue weighted by Crippen LogP contribution is -2.24. The van der Waals surface area contributed by atoms with Crippen molar-refractivity contribution in [2.45, 2.75) is 53.2 Å². The molecule has 2 rings (SSSR count). The average molecular weight is 370 g/mol. The van der Waals surface area contributed by atoms with Crippen molar-refractivity contribution >= 4 is 5.97 Å². The molecule has 0 bridgehead atoms. The van der Waals surface area contributed by atoms with E-state index in [-0.39, 0.29) is 6.61 Å². The Labute approximate surface area is 162 Å². The lowest BCUT2D eigenvalue weighted by atomic mass is 10.0. The number of rotatable bonds is 7. The number of aliphatic hydroxyl groups excluding tert-OH is 1. The minimum Gasteiger partial charge on any atom is -0.493 e. The Kier molecular flexibility index (Phi) is 7.03. The van der Waals surface area contributed by atoms with E-state index in [4.69, 9.17) is 9.47 Å². The molecule has 27 heavy (non-hydrogen) atoms. The first-order chi connectivity index (χ1) is 12.7. The highest BCUT2D eigenvalue weighted by atomic mass is 16.6. The van der Waals surface area contributed by atoms with Gasteiger partial charge in [0.2, 0.25) is 0 Å². The molecule has 0 unspecified atom stereocenters. The maximum absolute atomic E-state index is 12.7. The zero-order valence-electron chi connectivity index (χ0n) is 16.9. The lowest BCUT2D eigenvalue weighted by molar-refractivity contribution is 0.00657. The monoisotopic (exact) mass is 370 g/mol. The van der Waals surface area contributed by atoms with Crippen LogP contribution in [0.25, 0.3) is 11.1 Å². The summed E-state index contributed by atoms with van der Waals surface area (Å²) < 4.78 is 11.4. The van der Waals surface area contributed by atoms with Gasteiger partial charge in [-0.05, 0) is 61.9 Å². The molecule has 0 saturated carbocycles. The van der Waals surface area contributed by atoms with E-state index in [1.165, 1.54) is 0 Å². The third kappa shape index (κ3) is 6.40. The first-order valence-electron chi connectivity index (χ1n) is 9.40. The summed E-state index contributed by atoms with van der Waals surface area (Å²) in [4.78, 5) is 12.7. The molecular weight excluding hydrogens is 340 g/mol. The minimum absolute atomic E-state index is 0.00602. The van der Waals surface area contributed by atoms with Gasteiger partial charge in [0.15, 0.2) is 0 Å². The SMILES string of the molecule is CC(C)CCOc1ccc(-c2ccc(CO)cc2)cc1C(=O)OC(C)(C)C. The number of carbonyl (C=O) groups is 1. The zero-order valence-corrected chi connectivity index (χ0v) is 16.9. The van der Waals surface area contributed by atoms with Crippen LogP contribution >= 0.6 is 0 Å². The van der Waals surface area contributed by atoms with Gasteiger partial charge >= 0.3 is 5.97 Å². The fourth-order valence-electron chi connectivity index (χ4n) is 2.54. The molecule has 0 atom stereocenters. The van der Waals surface area contributed by atoms with Crippen molar-refractivity contribution in [2.24, 2.45) is 5.92 Å². The van der Waals surface area contributed by atoms with Gasteiger partial charge in [0, 0.05) is 0 Å². The Bertz CT molecular complexity index is 755. The summed E-state index contributed by atoms with van der Waals surface area (Å²) in [6, 6.07) is 13.2. The van der Waals surface area contributed by atoms with E-state index in [0.717, 1.165) is 23.1 Å². The van der Waals surface area contributed by atoms with Crippen molar-refractivity contribution in [3.05, 3.63) is 53.6 Å². The molecule has 2 aromatic rings. The molecule has 0 spiro atoms. The molecule has 0 saturated heterocycles. The number of aliphatic hydroxyl groups is 1. The first kappa shape index (κ1) is 21.0. The summed E-state index contributed by atoms with van der Waals surface area (Å²) in [7, 11) is 0. The maximum atomic E-state index is 12.7. The molecular formula is C23H30O4. The molecule has 0 aliphatic carbocycles.